The molecule has 0 aliphatic heterocycles. The number of carbonyl (C=O) groups excluding carboxylic acids is 1. The molecule has 0 spiro atoms. The lowest BCUT2D eigenvalue weighted by atomic mass is 10.2. The first-order valence-electron chi connectivity index (χ1n) is 14.8. The summed E-state index contributed by atoms with van der Waals surface area (Å²) in [6.07, 6.45) is 3.31. The van der Waals surface area contributed by atoms with Gasteiger partial charge in [0.25, 0.3) is 0 Å². The third-order valence-electron chi connectivity index (χ3n) is 7.29. The van der Waals surface area contributed by atoms with Gasteiger partial charge in [-0.15, -0.1) is 10.2 Å². The Hall–Kier alpha value is -6.91. The number of rotatable bonds is 7. The van der Waals surface area contributed by atoms with Crippen molar-refractivity contribution in [1.82, 2.24) is 59.9 Å². The molecule has 6 aromatic heterocycles. The molecule has 0 aliphatic rings. The molecule has 0 atom stereocenters. The zero-order valence-corrected chi connectivity index (χ0v) is 25.7. The summed E-state index contributed by atoms with van der Waals surface area (Å²) in [5, 5.41) is 26.3. The maximum absolute atomic E-state index is 14.0. The van der Waals surface area contributed by atoms with E-state index in [0.717, 1.165) is 10.8 Å². The van der Waals surface area contributed by atoms with Crippen molar-refractivity contribution in [3.63, 3.8) is 0 Å². The molecule has 5 N–H and O–H groups in total. The van der Waals surface area contributed by atoms with Gasteiger partial charge in [-0.1, -0.05) is 36.4 Å². The number of aromatic amines is 2. The molecule has 17 heteroatoms. The van der Waals surface area contributed by atoms with Gasteiger partial charge in [-0.3, -0.25) is 20.3 Å². The van der Waals surface area contributed by atoms with E-state index < -0.39 is 0 Å². The molecule has 1 amide bonds. The molecule has 0 saturated carbocycles. The number of anilines is 2. The molecular weight excluding hydrogens is 634 g/mol. The second kappa shape index (κ2) is 13.1. The van der Waals surface area contributed by atoms with E-state index in [1.54, 1.807) is 70.3 Å². The molecule has 0 saturated heterocycles. The average molecular weight is 661 g/mol. The van der Waals surface area contributed by atoms with Crippen molar-refractivity contribution in [2.75, 3.05) is 11.1 Å². The van der Waals surface area contributed by atoms with Gasteiger partial charge in [-0.05, 0) is 36.4 Å². The highest BCUT2D eigenvalue weighted by Crippen LogP contribution is 2.27. The summed E-state index contributed by atoms with van der Waals surface area (Å²) in [7, 11) is 0. The zero-order chi connectivity index (χ0) is 33.9. The second-order valence-electron chi connectivity index (χ2n) is 10.7. The summed E-state index contributed by atoms with van der Waals surface area (Å²) >= 11 is 0. The molecule has 8 aromatic rings. The minimum Gasteiger partial charge on any atom is -0.366 e. The lowest BCUT2D eigenvalue weighted by Crippen LogP contribution is -2.07. The van der Waals surface area contributed by atoms with E-state index in [9.17, 15) is 13.6 Å². The van der Waals surface area contributed by atoms with Crippen LogP contribution in [0.4, 0.5) is 20.7 Å². The van der Waals surface area contributed by atoms with Gasteiger partial charge in [0.2, 0.25) is 17.8 Å². The minimum absolute atomic E-state index is 0.140. The van der Waals surface area contributed by atoms with Gasteiger partial charge in [0.1, 0.15) is 23.0 Å². The van der Waals surface area contributed by atoms with Crippen LogP contribution in [0.15, 0.2) is 85.2 Å². The summed E-state index contributed by atoms with van der Waals surface area (Å²) in [5.74, 6) is 0.284. The van der Waals surface area contributed by atoms with Crippen LogP contribution in [0, 0.1) is 11.6 Å². The van der Waals surface area contributed by atoms with Crippen LogP contribution in [0.2, 0.25) is 0 Å². The van der Waals surface area contributed by atoms with E-state index in [4.69, 9.17) is 5.73 Å². The number of H-pyrrole nitrogens is 2. The number of hydrogen-bond donors (Lipinski definition) is 4. The van der Waals surface area contributed by atoms with Crippen LogP contribution in [0.1, 0.15) is 18.1 Å². The first-order chi connectivity index (χ1) is 23.8. The number of halogens is 2. The highest BCUT2D eigenvalue weighted by molar-refractivity contribution is 5.91. The number of amides is 1. The number of fused-ring (bicyclic) bond motifs is 2. The van der Waals surface area contributed by atoms with Gasteiger partial charge in [-0.25, -0.2) is 28.1 Å². The first-order valence-corrected chi connectivity index (χ1v) is 14.8. The molecule has 0 unspecified atom stereocenters. The SMILES string of the molecule is CC(=O)Nc1n[nH]c(-c2nn(Cc3ccccc3F)c3ncccc23)n1.Nc1n[nH]c(-c2nn(Cc3ccccc3F)c3ncccc23)n1. The Kier molecular flexibility index (Phi) is 8.19. The Morgan fingerprint density at radius 3 is 1.73 bits per heavy atom. The van der Waals surface area contributed by atoms with Crippen molar-refractivity contribution in [2.45, 2.75) is 20.0 Å². The molecule has 0 fully saturated rings. The quantitative estimate of drug-likeness (QED) is 0.191. The maximum atomic E-state index is 14.0. The number of nitrogens with zero attached hydrogens (tertiary/aromatic N) is 10. The van der Waals surface area contributed by atoms with Crippen molar-refractivity contribution >= 4 is 39.9 Å². The molecule has 244 valence electrons. The van der Waals surface area contributed by atoms with E-state index in [1.165, 1.54) is 19.1 Å². The predicted molar refractivity (Wildman–Crippen MR) is 176 cm³/mol. The largest absolute Gasteiger partial charge is 0.366 e. The van der Waals surface area contributed by atoms with Gasteiger partial charge in [0, 0.05) is 30.4 Å². The van der Waals surface area contributed by atoms with Crippen molar-refractivity contribution < 1.29 is 13.6 Å². The van der Waals surface area contributed by atoms with E-state index in [-0.39, 0.29) is 42.5 Å². The molecule has 15 nitrogen and oxygen atoms in total. The first kappa shape index (κ1) is 30.7. The van der Waals surface area contributed by atoms with Gasteiger partial charge in [-0.2, -0.15) is 20.2 Å². The Morgan fingerprint density at radius 2 is 1.24 bits per heavy atom. The van der Waals surface area contributed by atoms with E-state index in [2.05, 4.69) is 55.8 Å². The van der Waals surface area contributed by atoms with Crippen molar-refractivity contribution in [3.05, 3.63) is 108 Å². The summed E-state index contributed by atoms with van der Waals surface area (Å²) < 4.78 is 31.2. The monoisotopic (exact) mass is 660 g/mol. The Balaban J connectivity index is 0.000000155. The molecule has 49 heavy (non-hydrogen) atoms. The third-order valence-corrected chi connectivity index (χ3v) is 7.29. The summed E-state index contributed by atoms with van der Waals surface area (Å²) in [6, 6.07) is 20.4. The van der Waals surface area contributed by atoms with Gasteiger partial charge >= 0.3 is 0 Å². The number of carbonyl (C=O) groups is 1. The van der Waals surface area contributed by atoms with Crippen LogP contribution in [0.25, 0.3) is 45.1 Å². The van der Waals surface area contributed by atoms with E-state index >= 15 is 0 Å². The predicted octanol–water partition coefficient (Wildman–Crippen LogP) is 4.35. The van der Waals surface area contributed by atoms with Crippen molar-refractivity contribution in [1.29, 1.82) is 0 Å². The molecular formula is C32H26F2N14O. The lowest BCUT2D eigenvalue weighted by molar-refractivity contribution is -0.114. The molecule has 2 aromatic carbocycles. The lowest BCUT2D eigenvalue weighted by Gasteiger charge is -2.04. The number of nitrogens with one attached hydrogen (secondary N) is 3. The minimum atomic E-state index is -0.304. The van der Waals surface area contributed by atoms with Crippen LogP contribution in [0.3, 0.4) is 0 Å². The summed E-state index contributed by atoms with van der Waals surface area (Å²) in [5.41, 5.74) is 8.93. The van der Waals surface area contributed by atoms with Crippen LogP contribution in [0.5, 0.6) is 0 Å². The third kappa shape index (κ3) is 6.39. The van der Waals surface area contributed by atoms with Crippen molar-refractivity contribution in [2.24, 2.45) is 0 Å². The number of benzene rings is 2. The van der Waals surface area contributed by atoms with Crippen LogP contribution < -0.4 is 11.1 Å². The molecule has 0 radical (unpaired) electrons. The maximum Gasteiger partial charge on any atom is 0.249 e. The Morgan fingerprint density at radius 1 is 0.735 bits per heavy atom. The summed E-state index contributed by atoms with van der Waals surface area (Å²) in [4.78, 5) is 28.2. The fraction of sp³-hybridized carbons (Fsp3) is 0.0938. The molecule has 6 heterocycles. The standard InChI is InChI=1S/C17H14FN7O.C15H12FN7/c1-10(26)20-17-21-15(22-23-17)14-12-6-4-8-19-16(12)25(24-14)9-11-5-2-3-7-13(11)18;16-11-6-2-1-4-9(11)8-23-14-10(5-3-7-18-14)12(22-23)13-19-15(17)21-20-13/h2-8H,9H2,1H3,(H2,20,21,22,23,26);1-7H,8H2,(H3,17,19,20,21). The van der Waals surface area contributed by atoms with Crippen LogP contribution in [-0.2, 0) is 17.9 Å². The Labute approximate surface area is 275 Å². The summed E-state index contributed by atoms with van der Waals surface area (Å²) in [6.45, 7) is 1.87. The van der Waals surface area contributed by atoms with E-state index in [0.29, 0.717) is 45.5 Å². The number of pyridine rings is 2. The van der Waals surface area contributed by atoms with E-state index in [1.807, 2.05) is 12.1 Å². The highest BCUT2D eigenvalue weighted by atomic mass is 19.1. The van der Waals surface area contributed by atoms with Crippen LogP contribution >= 0.6 is 0 Å². The number of nitrogen functional groups attached to an aromatic ring is 1. The number of aromatic nitrogens is 12. The molecule has 8 rings (SSSR count). The van der Waals surface area contributed by atoms with Crippen LogP contribution in [-0.4, -0.2) is 65.8 Å². The zero-order valence-electron chi connectivity index (χ0n) is 25.7. The topological polar surface area (TPSA) is 200 Å². The smallest absolute Gasteiger partial charge is 0.249 e. The average Bonchev–Trinajstić information content (AvgIpc) is 3.90. The molecule has 0 bridgehead atoms. The van der Waals surface area contributed by atoms with Crippen molar-refractivity contribution in [3.8, 4) is 23.0 Å². The highest BCUT2D eigenvalue weighted by Gasteiger charge is 2.19. The van der Waals surface area contributed by atoms with Gasteiger partial charge in [0.15, 0.2) is 22.9 Å². The normalized spacial score (nSPS) is 11.1. The fourth-order valence-electron chi connectivity index (χ4n) is 5.13. The van der Waals surface area contributed by atoms with Gasteiger partial charge < -0.3 is 5.73 Å². The second-order valence-corrected chi connectivity index (χ2v) is 10.7. The van der Waals surface area contributed by atoms with Gasteiger partial charge in [0.05, 0.1) is 23.9 Å². The Bertz CT molecular complexity index is 2430. The fourth-order valence-corrected chi connectivity index (χ4v) is 5.13. The number of nitrogens with two attached hydrogens (primary N) is 1. The molecule has 0 aliphatic carbocycles. The number of hydrogen-bond acceptors (Lipinski definition) is 10.